The molecule has 4 heteroatoms. The Morgan fingerprint density at radius 1 is 0.314 bits per heavy atom. The molecule has 0 aliphatic rings. The molecule has 3 aromatic heterocycles. The topological polar surface area (TPSA) is 43.1 Å². The SMILES string of the molecule is c1ccc(-c2ccc(-c3nc(-c4ccc(-c5cccc(-c6nc7ccccc7n7c6cc6ccccc67)c5)cc4)c4ccccc4n3)cc2)cc1. The van der Waals surface area contributed by atoms with Gasteiger partial charge in [-0.2, -0.15) is 0 Å². The summed E-state index contributed by atoms with van der Waals surface area (Å²) in [6, 6.07) is 63.8. The van der Waals surface area contributed by atoms with E-state index < -0.39 is 0 Å². The molecule has 0 spiro atoms. The average Bonchev–Trinajstić information content (AvgIpc) is 3.61. The standard InChI is InChI=1S/C47H30N4/c1-2-11-31(12-3-1)32-23-27-35(28-24-32)47-49-40-17-6-5-16-39(40)45(50-47)34-25-21-33(22-26-34)36-14-10-15-38(29-36)46-44-30-37-13-4-8-19-42(37)51(44)43-20-9-7-18-41(43)48-46/h1-30H. The third-order valence-electron chi connectivity index (χ3n) is 9.79. The van der Waals surface area contributed by atoms with Crippen molar-refractivity contribution in [2.75, 3.05) is 0 Å². The highest BCUT2D eigenvalue weighted by molar-refractivity contribution is 5.99. The van der Waals surface area contributed by atoms with Crippen LogP contribution in [0.15, 0.2) is 182 Å². The molecular weight excluding hydrogens is 621 g/mol. The van der Waals surface area contributed by atoms with E-state index in [2.05, 4.69) is 174 Å². The molecule has 7 aromatic carbocycles. The first kappa shape index (κ1) is 29.0. The van der Waals surface area contributed by atoms with Crippen LogP contribution >= 0.6 is 0 Å². The second kappa shape index (κ2) is 11.9. The molecule has 0 aliphatic heterocycles. The van der Waals surface area contributed by atoms with Crippen LogP contribution in [0.5, 0.6) is 0 Å². The predicted octanol–water partition coefficient (Wildman–Crippen LogP) is 11.9. The van der Waals surface area contributed by atoms with Crippen LogP contribution in [0.2, 0.25) is 0 Å². The van der Waals surface area contributed by atoms with Crippen molar-refractivity contribution < 1.29 is 0 Å². The van der Waals surface area contributed by atoms with Gasteiger partial charge in [0.1, 0.15) is 0 Å². The number of rotatable bonds is 5. The number of nitrogens with zero attached hydrogens (tertiary/aromatic N) is 4. The first-order valence-electron chi connectivity index (χ1n) is 17.2. The van der Waals surface area contributed by atoms with Crippen LogP contribution in [-0.4, -0.2) is 19.4 Å². The highest BCUT2D eigenvalue weighted by Crippen LogP contribution is 2.35. The van der Waals surface area contributed by atoms with Gasteiger partial charge < -0.3 is 4.40 Å². The zero-order valence-electron chi connectivity index (χ0n) is 27.6. The lowest BCUT2D eigenvalue weighted by Crippen LogP contribution is -1.96. The van der Waals surface area contributed by atoms with E-state index in [9.17, 15) is 0 Å². The van der Waals surface area contributed by atoms with Crippen molar-refractivity contribution in [3.8, 4) is 56.2 Å². The second-order valence-electron chi connectivity index (χ2n) is 12.9. The van der Waals surface area contributed by atoms with Gasteiger partial charge in [-0.1, -0.05) is 146 Å². The zero-order valence-corrected chi connectivity index (χ0v) is 27.6. The minimum absolute atomic E-state index is 0.715. The van der Waals surface area contributed by atoms with Crippen LogP contribution < -0.4 is 0 Å². The number of para-hydroxylation sites is 4. The van der Waals surface area contributed by atoms with Crippen LogP contribution in [0, 0.1) is 0 Å². The largest absolute Gasteiger partial charge is 0.306 e. The zero-order chi connectivity index (χ0) is 33.7. The van der Waals surface area contributed by atoms with E-state index in [4.69, 9.17) is 15.0 Å². The highest BCUT2D eigenvalue weighted by Gasteiger charge is 2.16. The molecule has 238 valence electrons. The molecule has 0 unspecified atom stereocenters. The summed E-state index contributed by atoms with van der Waals surface area (Å²) >= 11 is 0. The predicted molar refractivity (Wildman–Crippen MR) is 210 cm³/mol. The lowest BCUT2D eigenvalue weighted by Gasteiger charge is -2.12. The van der Waals surface area contributed by atoms with Gasteiger partial charge in [0.05, 0.1) is 39.0 Å². The minimum atomic E-state index is 0.715. The van der Waals surface area contributed by atoms with Crippen molar-refractivity contribution in [2.24, 2.45) is 0 Å². The van der Waals surface area contributed by atoms with Crippen molar-refractivity contribution in [2.45, 2.75) is 0 Å². The van der Waals surface area contributed by atoms with E-state index in [0.29, 0.717) is 5.82 Å². The first-order chi connectivity index (χ1) is 25.3. The lowest BCUT2D eigenvalue weighted by atomic mass is 9.98. The van der Waals surface area contributed by atoms with Gasteiger partial charge in [0.25, 0.3) is 0 Å². The average molecular weight is 651 g/mol. The molecule has 0 bridgehead atoms. The van der Waals surface area contributed by atoms with Crippen molar-refractivity contribution in [1.29, 1.82) is 0 Å². The molecule has 0 saturated heterocycles. The first-order valence-corrected chi connectivity index (χ1v) is 17.2. The molecule has 0 N–H and O–H groups in total. The van der Waals surface area contributed by atoms with Gasteiger partial charge in [0, 0.05) is 27.5 Å². The molecule has 0 fully saturated rings. The Morgan fingerprint density at radius 3 is 1.73 bits per heavy atom. The molecule has 0 aliphatic carbocycles. The fourth-order valence-electron chi connectivity index (χ4n) is 7.26. The summed E-state index contributed by atoms with van der Waals surface area (Å²) in [5.41, 5.74) is 14.9. The Bertz CT molecular complexity index is 2890. The molecule has 0 atom stereocenters. The lowest BCUT2D eigenvalue weighted by molar-refractivity contribution is 1.23. The van der Waals surface area contributed by atoms with E-state index >= 15 is 0 Å². The second-order valence-corrected chi connectivity index (χ2v) is 12.9. The van der Waals surface area contributed by atoms with Gasteiger partial charge >= 0.3 is 0 Å². The Kier molecular flexibility index (Phi) is 6.78. The van der Waals surface area contributed by atoms with Crippen LogP contribution in [0.25, 0.3) is 94.5 Å². The van der Waals surface area contributed by atoms with Gasteiger partial charge in [-0.3, -0.25) is 0 Å². The van der Waals surface area contributed by atoms with E-state index in [1.807, 2.05) is 12.1 Å². The van der Waals surface area contributed by atoms with Crippen molar-refractivity contribution in [1.82, 2.24) is 19.4 Å². The summed E-state index contributed by atoms with van der Waals surface area (Å²) < 4.78 is 2.34. The van der Waals surface area contributed by atoms with Crippen LogP contribution in [-0.2, 0) is 0 Å². The maximum Gasteiger partial charge on any atom is 0.160 e. The monoisotopic (exact) mass is 650 g/mol. The summed E-state index contributed by atoms with van der Waals surface area (Å²) in [6.45, 7) is 0. The molecule has 0 saturated carbocycles. The Labute approximate surface area is 295 Å². The van der Waals surface area contributed by atoms with Gasteiger partial charge in [-0.15, -0.1) is 0 Å². The number of hydrogen-bond donors (Lipinski definition) is 0. The summed E-state index contributed by atoms with van der Waals surface area (Å²) in [5, 5.41) is 2.23. The molecule has 51 heavy (non-hydrogen) atoms. The molecular formula is C47H30N4. The third-order valence-corrected chi connectivity index (χ3v) is 9.79. The Hall–Kier alpha value is -6.91. The van der Waals surface area contributed by atoms with Gasteiger partial charge in [-0.05, 0) is 58.7 Å². The maximum atomic E-state index is 5.20. The van der Waals surface area contributed by atoms with E-state index in [1.54, 1.807) is 0 Å². The number of fused-ring (bicyclic) bond motifs is 6. The number of aromatic nitrogens is 4. The Balaban J connectivity index is 1.03. The molecule has 4 nitrogen and oxygen atoms in total. The quantitative estimate of drug-likeness (QED) is 0.186. The summed E-state index contributed by atoms with van der Waals surface area (Å²) in [7, 11) is 0. The van der Waals surface area contributed by atoms with Crippen LogP contribution in [0.3, 0.4) is 0 Å². The minimum Gasteiger partial charge on any atom is -0.306 e. The smallest absolute Gasteiger partial charge is 0.160 e. The van der Waals surface area contributed by atoms with E-state index in [-0.39, 0.29) is 0 Å². The van der Waals surface area contributed by atoms with E-state index in [1.165, 1.54) is 22.0 Å². The summed E-state index contributed by atoms with van der Waals surface area (Å²) in [4.78, 5) is 15.3. The van der Waals surface area contributed by atoms with Gasteiger partial charge in [0.15, 0.2) is 5.82 Å². The molecule has 10 aromatic rings. The van der Waals surface area contributed by atoms with Crippen molar-refractivity contribution in [3.05, 3.63) is 182 Å². The number of benzene rings is 7. The fraction of sp³-hybridized carbons (Fsp3) is 0. The van der Waals surface area contributed by atoms with Gasteiger partial charge in [0.2, 0.25) is 0 Å². The summed E-state index contributed by atoms with van der Waals surface area (Å²) in [5.74, 6) is 0.715. The van der Waals surface area contributed by atoms with Crippen LogP contribution in [0.1, 0.15) is 0 Å². The summed E-state index contributed by atoms with van der Waals surface area (Å²) in [6.07, 6.45) is 0. The molecule has 0 amide bonds. The van der Waals surface area contributed by atoms with E-state index in [0.717, 1.165) is 66.7 Å². The third kappa shape index (κ3) is 5.04. The fourth-order valence-corrected chi connectivity index (χ4v) is 7.26. The highest BCUT2D eigenvalue weighted by atomic mass is 14.9. The van der Waals surface area contributed by atoms with Crippen molar-refractivity contribution >= 4 is 38.4 Å². The molecule has 0 radical (unpaired) electrons. The number of hydrogen-bond acceptors (Lipinski definition) is 3. The maximum absolute atomic E-state index is 5.20. The normalized spacial score (nSPS) is 11.5. The molecule has 3 heterocycles. The Morgan fingerprint density at radius 2 is 0.902 bits per heavy atom. The van der Waals surface area contributed by atoms with Crippen molar-refractivity contribution in [3.63, 3.8) is 0 Å². The van der Waals surface area contributed by atoms with Gasteiger partial charge in [-0.25, -0.2) is 15.0 Å². The van der Waals surface area contributed by atoms with Crippen LogP contribution in [0.4, 0.5) is 0 Å². The molecule has 10 rings (SSSR count).